The highest BCUT2D eigenvalue weighted by molar-refractivity contribution is 5.97. The molecule has 3 aromatic heterocycles. The van der Waals surface area contributed by atoms with Gasteiger partial charge in [-0.15, -0.1) is 0 Å². The summed E-state index contributed by atoms with van der Waals surface area (Å²) in [6.45, 7) is 0. The topological polar surface area (TPSA) is 132 Å². The fourth-order valence-electron chi connectivity index (χ4n) is 1.90. The Kier molecular flexibility index (Phi) is 2.57. The van der Waals surface area contributed by atoms with Gasteiger partial charge in [-0.2, -0.15) is 5.10 Å². The van der Waals surface area contributed by atoms with Crippen LogP contribution in [0, 0.1) is 10.1 Å². The lowest BCUT2D eigenvalue weighted by Crippen LogP contribution is -1.96. The Morgan fingerprint density at radius 1 is 1.45 bits per heavy atom. The molecular weight excluding hydrogens is 268 g/mol. The monoisotopic (exact) mass is 276 g/mol. The van der Waals surface area contributed by atoms with E-state index in [9.17, 15) is 10.1 Å². The molecule has 0 saturated heterocycles. The summed E-state index contributed by atoms with van der Waals surface area (Å²) >= 11 is 0. The molecule has 0 radical (unpaired) electrons. The van der Waals surface area contributed by atoms with Gasteiger partial charge >= 0.3 is 5.88 Å². The average Bonchev–Trinajstić information content (AvgIpc) is 3.04. The molecule has 10 heteroatoms. The molecule has 0 aromatic carbocycles. The largest absolute Gasteiger partial charge is 0.433 e. The molecule has 0 aliphatic rings. The van der Waals surface area contributed by atoms with Crippen LogP contribution >= 0.6 is 0 Å². The number of nitrogens with zero attached hydrogens (tertiary/aromatic N) is 5. The van der Waals surface area contributed by atoms with Gasteiger partial charge in [-0.05, 0) is 6.07 Å². The lowest BCUT2D eigenvalue weighted by molar-refractivity contribution is -0.401. The normalized spacial score (nSPS) is 10.9. The van der Waals surface area contributed by atoms with E-state index in [1.165, 1.54) is 23.1 Å². The molecular formula is C10H8N6O4. The fraction of sp³-hybridized carbons (Fsp3) is 0.100. The lowest BCUT2D eigenvalue weighted by atomic mass is 10.2. The number of nitrogens with one attached hydrogen (secondary N) is 1. The van der Waals surface area contributed by atoms with E-state index < -0.39 is 10.8 Å². The van der Waals surface area contributed by atoms with Crippen molar-refractivity contribution in [1.29, 1.82) is 0 Å². The summed E-state index contributed by atoms with van der Waals surface area (Å²) in [5.41, 5.74) is 2.69. The molecule has 0 unspecified atom stereocenters. The van der Waals surface area contributed by atoms with E-state index in [1.54, 1.807) is 7.05 Å². The van der Waals surface area contributed by atoms with Crippen LogP contribution in [0.5, 0.6) is 0 Å². The first-order valence-electron chi connectivity index (χ1n) is 5.44. The standard InChI is InChI=1S/C10H8N6O4/c1-15-10-7(9(14-17)11-4-12-10)8(13-15)5-2-3-6(20-5)16(18)19/h2-4,17H,1H3,(H,11,12,14). The van der Waals surface area contributed by atoms with Crippen molar-refractivity contribution in [2.24, 2.45) is 7.05 Å². The van der Waals surface area contributed by atoms with Crippen LogP contribution in [-0.2, 0) is 7.05 Å². The minimum absolute atomic E-state index is 0.136. The highest BCUT2D eigenvalue weighted by atomic mass is 16.6. The van der Waals surface area contributed by atoms with Crippen LogP contribution in [0.15, 0.2) is 22.9 Å². The van der Waals surface area contributed by atoms with Crippen LogP contribution in [0.4, 0.5) is 11.7 Å². The first-order chi connectivity index (χ1) is 9.61. The highest BCUT2D eigenvalue weighted by Gasteiger charge is 2.21. The zero-order chi connectivity index (χ0) is 14.3. The van der Waals surface area contributed by atoms with E-state index >= 15 is 0 Å². The average molecular weight is 276 g/mol. The summed E-state index contributed by atoms with van der Waals surface area (Å²) in [5, 5.41) is 24.3. The minimum Gasteiger partial charge on any atom is -0.399 e. The molecule has 3 aromatic rings. The van der Waals surface area contributed by atoms with Gasteiger partial charge in [0.1, 0.15) is 16.9 Å². The number of rotatable bonds is 3. The van der Waals surface area contributed by atoms with Crippen molar-refractivity contribution >= 4 is 22.7 Å². The van der Waals surface area contributed by atoms with Crippen molar-refractivity contribution in [3.05, 3.63) is 28.6 Å². The lowest BCUT2D eigenvalue weighted by Gasteiger charge is -1.99. The van der Waals surface area contributed by atoms with Crippen LogP contribution < -0.4 is 5.48 Å². The fourth-order valence-corrected chi connectivity index (χ4v) is 1.90. The van der Waals surface area contributed by atoms with Gasteiger partial charge in [0, 0.05) is 7.05 Å². The van der Waals surface area contributed by atoms with Crippen LogP contribution in [0.3, 0.4) is 0 Å². The second kappa shape index (κ2) is 4.28. The van der Waals surface area contributed by atoms with Gasteiger partial charge in [0.25, 0.3) is 0 Å². The maximum atomic E-state index is 10.6. The second-order valence-electron chi connectivity index (χ2n) is 3.90. The third-order valence-corrected chi connectivity index (χ3v) is 2.73. The predicted molar refractivity (Wildman–Crippen MR) is 66.1 cm³/mol. The summed E-state index contributed by atoms with van der Waals surface area (Å²) in [4.78, 5) is 17.9. The van der Waals surface area contributed by atoms with E-state index in [4.69, 9.17) is 9.62 Å². The van der Waals surface area contributed by atoms with E-state index in [2.05, 4.69) is 15.1 Å². The van der Waals surface area contributed by atoms with Gasteiger partial charge in [0.05, 0.1) is 11.5 Å². The number of aromatic nitrogens is 4. The molecule has 0 bridgehead atoms. The summed E-state index contributed by atoms with van der Waals surface area (Å²) in [6.07, 6.45) is 1.26. The predicted octanol–water partition coefficient (Wildman–Crippen LogP) is 1.33. The summed E-state index contributed by atoms with van der Waals surface area (Å²) in [7, 11) is 1.65. The molecule has 0 fully saturated rings. The van der Waals surface area contributed by atoms with Crippen LogP contribution in [-0.4, -0.2) is 29.9 Å². The Labute approximate surface area is 110 Å². The third-order valence-electron chi connectivity index (χ3n) is 2.73. The molecule has 0 atom stereocenters. The van der Waals surface area contributed by atoms with Gasteiger partial charge in [0.2, 0.25) is 0 Å². The van der Waals surface area contributed by atoms with Gasteiger partial charge in [-0.3, -0.25) is 20.8 Å². The summed E-state index contributed by atoms with van der Waals surface area (Å²) in [5.74, 6) is -0.0695. The Morgan fingerprint density at radius 3 is 2.90 bits per heavy atom. The van der Waals surface area contributed by atoms with Crippen LogP contribution in [0.1, 0.15) is 0 Å². The van der Waals surface area contributed by atoms with Gasteiger partial charge in [-0.1, -0.05) is 0 Å². The Balaban J connectivity index is 2.27. The van der Waals surface area contributed by atoms with Crippen molar-refractivity contribution in [3.8, 4) is 11.5 Å². The maximum absolute atomic E-state index is 10.6. The molecule has 3 rings (SSSR count). The number of hydrogen-bond acceptors (Lipinski definition) is 8. The zero-order valence-electron chi connectivity index (χ0n) is 10.1. The maximum Gasteiger partial charge on any atom is 0.433 e. The summed E-state index contributed by atoms with van der Waals surface area (Å²) < 4.78 is 6.57. The Bertz CT molecular complexity index is 807. The molecule has 3 heterocycles. The number of furan rings is 1. The van der Waals surface area contributed by atoms with Crippen molar-refractivity contribution < 1.29 is 14.5 Å². The molecule has 2 N–H and O–H groups in total. The number of hydrogen-bond donors (Lipinski definition) is 2. The van der Waals surface area contributed by atoms with Crippen LogP contribution in [0.2, 0.25) is 0 Å². The van der Waals surface area contributed by atoms with Gasteiger partial charge in [0.15, 0.2) is 17.2 Å². The minimum atomic E-state index is -0.643. The number of fused-ring (bicyclic) bond motifs is 1. The number of anilines is 1. The zero-order valence-corrected chi connectivity index (χ0v) is 10.1. The van der Waals surface area contributed by atoms with Crippen LogP contribution in [0.25, 0.3) is 22.5 Å². The smallest absolute Gasteiger partial charge is 0.399 e. The van der Waals surface area contributed by atoms with Crippen molar-refractivity contribution in [3.63, 3.8) is 0 Å². The molecule has 0 aliphatic heterocycles. The van der Waals surface area contributed by atoms with Gasteiger partial charge < -0.3 is 4.42 Å². The Morgan fingerprint density at radius 2 is 2.25 bits per heavy atom. The Hall–Kier alpha value is -3.01. The second-order valence-corrected chi connectivity index (χ2v) is 3.90. The van der Waals surface area contributed by atoms with E-state index in [0.717, 1.165) is 0 Å². The highest BCUT2D eigenvalue weighted by Crippen LogP contribution is 2.33. The van der Waals surface area contributed by atoms with Crippen molar-refractivity contribution in [2.45, 2.75) is 0 Å². The van der Waals surface area contributed by atoms with E-state index in [0.29, 0.717) is 16.7 Å². The third kappa shape index (κ3) is 1.66. The molecule has 0 aliphatic carbocycles. The number of nitro groups is 1. The molecule has 0 amide bonds. The first kappa shape index (κ1) is 12.0. The van der Waals surface area contributed by atoms with E-state index in [-0.39, 0.29) is 11.6 Å². The van der Waals surface area contributed by atoms with Crippen molar-refractivity contribution in [1.82, 2.24) is 19.7 Å². The molecule has 0 saturated carbocycles. The molecule has 0 spiro atoms. The van der Waals surface area contributed by atoms with Gasteiger partial charge in [-0.25, -0.2) is 14.6 Å². The molecule has 10 nitrogen and oxygen atoms in total. The van der Waals surface area contributed by atoms with Crippen molar-refractivity contribution in [2.75, 3.05) is 5.48 Å². The molecule has 20 heavy (non-hydrogen) atoms. The SMILES string of the molecule is Cn1nc(-c2ccc([N+](=O)[O-])o2)c2c(NO)ncnc21. The quantitative estimate of drug-likeness (QED) is 0.540. The molecule has 102 valence electrons. The summed E-state index contributed by atoms with van der Waals surface area (Å²) in [6, 6.07) is 2.65. The number of aryl methyl sites for hydroxylation is 1. The first-order valence-corrected chi connectivity index (χ1v) is 5.44. The van der Waals surface area contributed by atoms with E-state index in [1.807, 2.05) is 5.48 Å².